The largest absolute Gasteiger partial charge is 0.507 e. The number of hydrogen-bond acceptors (Lipinski definition) is 4. The minimum Gasteiger partial charge on any atom is -0.480 e. The van der Waals surface area contributed by atoms with Gasteiger partial charge < -0.3 is 16.6 Å². The van der Waals surface area contributed by atoms with Crippen LogP contribution in [0.25, 0.3) is 0 Å². The average Bonchev–Trinajstić information content (AvgIpc) is 1.96. The highest BCUT2D eigenvalue weighted by Gasteiger charge is 2.08. The molecule has 1 unspecified atom stereocenters. The second-order valence-corrected chi connectivity index (χ2v) is 3.29. The lowest BCUT2D eigenvalue weighted by molar-refractivity contribution is -0.138. The van der Waals surface area contributed by atoms with Gasteiger partial charge >= 0.3 is 13.9 Å². The summed E-state index contributed by atoms with van der Waals surface area (Å²) >= 11 is 0. The Hall–Kier alpha value is -0.600. The molecule has 0 bridgehead atoms. The number of carboxylic acid groups (broad SMARTS) is 1. The highest BCUT2D eigenvalue weighted by Crippen LogP contribution is 2.34. The predicted octanol–water partition coefficient (Wildman–Crippen LogP) is -0.662. The monoisotopic (exact) mass is 252 g/mol. The van der Waals surface area contributed by atoms with Crippen molar-refractivity contribution in [3.05, 3.63) is 0 Å². The highest BCUT2D eigenvalue weighted by molar-refractivity contribution is 7.45. The normalized spacial score (nSPS) is 11.8. The van der Waals surface area contributed by atoms with E-state index >= 15 is 0 Å². The van der Waals surface area contributed by atoms with Crippen LogP contribution in [0.5, 0.6) is 0 Å². The highest BCUT2D eigenvalue weighted by atomic mass is 31.2. The van der Waals surface area contributed by atoms with Gasteiger partial charge in [-0.05, 0) is 19.4 Å². The molecule has 0 aliphatic carbocycles. The maximum absolute atomic E-state index is 10.4. The van der Waals surface area contributed by atoms with Crippen LogP contribution >= 0.6 is 7.91 Å². The van der Waals surface area contributed by atoms with Gasteiger partial charge in [0, 0.05) is 0 Å². The zero-order chi connectivity index (χ0) is 11.8. The van der Waals surface area contributed by atoms with E-state index < -0.39 is 19.9 Å². The van der Waals surface area contributed by atoms with Gasteiger partial charge in [0.15, 0.2) is 0 Å². The molecule has 0 heterocycles. The number of hydrogen-bond donors (Lipinski definition) is 5. The maximum Gasteiger partial charge on any atom is 0.507 e. The molecule has 0 amide bonds. The summed E-state index contributed by atoms with van der Waals surface area (Å²) in [6, 6.07) is -0.742. The zero-order valence-corrected chi connectivity index (χ0v) is 8.64. The van der Waals surface area contributed by atoms with Crippen LogP contribution in [-0.4, -0.2) is 33.4 Å². The van der Waals surface area contributed by atoms with Crippen molar-refractivity contribution in [1.82, 2.24) is 0 Å². The first-order valence-corrected chi connectivity index (χ1v) is 5.12. The fourth-order valence-corrected chi connectivity index (χ4v) is 0.461. The molecule has 0 radical (unpaired) electrons. The van der Waals surface area contributed by atoms with Gasteiger partial charge in [-0.25, -0.2) is 4.57 Å². The first kappa shape index (κ1) is 19.9. The van der Waals surface area contributed by atoms with Crippen molar-refractivity contribution >= 4 is 13.9 Å². The van der Waals surface area contributed by atoms with E-state index in [0.717, 1.165) is 0 Å². The van der Waals surface area contributed by atoms with Gasteiger partial charge in [-0.2, -0.15) is 0 Å². The van der Waals surface area contributed by atoms with Crippen molar-refractivity contribution in [1.29, 1.82) is 0 Å². The number of aliphatic carboxylic acids is 1. The van der Waals surface area contributed by atoms with Crippen LogP contribution in [-0.2, 0) is 9.36 Å². The molecule has 7 nitrogen and oxygen atoms in total. The minimum atomic E-state index is -5.14. The lowest BCUT2D eigenvalue weighted by Crippen LogP contribution is -2.30. The van der Waals surface area contributed by atoms with E-state index in [1.807, 2.05) is 0 Å². The summed E-state index contributed by atoms with van der Waals surface area (Å²) in [5.74, 6) is -0.955. The standard InChI is InChI=1S/C5H12N2O2.FH2O3P.FH/c6-3-1-2-4(7)5(8)9;1-5(2,3)4;/h4H,1-3,6-7H2,(H,8,9);(H2,2,3,4);1H. The molecule has 0 saturated carbocycles. The Morgan fingerprint density at radius 2 is 1.80 bits per heavy atom. The van der Waals surface area contributed by atoms with E-state index in [9.17, 15) is 8.99 Å². The number of halogens is 2. The summed E-state index contributed by atoms with van der Waals surface area (Å²) in [6.45, 7) is 0.501. The smallest absolute Gasteiger partial charge is 0.480 e. The van der Waals surface area contributed by atoms with Gasteiger partial charge in [0.25, 0.3) is 0 Å². The molecular formula is C5H15F2N2O5P. The van der Waals surface area contributed by atoms with Gasteiger partial charge in [-0.3, -0.25) is 19.3 Å². The fourth-order valence-electron chi connectivity index (χ4n) is 0.461. The molecule has 0 aromatic heterocycles. The number of carbonyl (C=O) groups is 1. The first-order chi connectivity index (χ1) is 6.18. The van der Waals surface area contributed by atoms with Gasteiger partial charge in [0.2, 0.25) is 0 Å². The molecule has 15 heavy (non-hydrogen) atoms. The van der Waals surface area contributed by atoms with Gasteiger partial charge in [-0.15, -0.1) is 4.20 Å². The lowest BCUT2D eigenvalue weighted by atomic mass is 10.2. The molecule has 7 N–H and O–H groups in total. The van der Waals surface area contributed by atoms with Crippen LogP contribution in [0.15, 0.2) is 0 Å². The van der Waals surface area contributed by atoms with E-state index in [1.54, 1.807) is 0 Å². The quantitative estimate of drug-likeness (QED) is 0.417. The molecule has 0 aliphatic heterocycles. The van der Waals surface area contributed by atoms with Crippen molar-refractivity contribution in [2.45, 2.75) is 18.9 Å². The molecule has 0 fully saturated rings. The van der Waals surface area contributed by atoms with Crippen LogP contribution in [0.1, 0.15) is 12.8 Å². The number of nitrogens with two attached hydrogens (primary N) is 2. The Morgan fingerprint density at radius 3 is 2.00 bits per heavy atom. The summed E-state index contributed by atoms with van der Waals surface area (Å²) < 4.78 is 19.0. The first-order valence-electron chi connectivity index (χ1n) is 3.62. The van der Waals surface area contributed by atoms with Crippen molar-refractivity contribution in [2.24, 2.45) is 11.5 Å². The third-order valence-corrected chi connectivity index (χ3v) is 1.04. The van der Waals surface area contributed by atoms with Crippen molar-refractivity contribution < 1.29 is 33.2 Å². The van der Waals surface area contributed by atoms with Gasteiger partial charge in [-0.1, -0.05) is 0 Å². The molecule has 94 valence electrons. The molecule has 0 aromatic carbocycles. The van der Waals surface area contributed by atoms with Crippen LogP contribution in [0.2, 0.25) is 0 Å². The Bertz CT molecular complexity index is 203. The molecule has 0 aromatic rings. The Morgan fingerprint density at radius 1 is 1.47 bits per heavy atom. The van der Waals surface area contributed by atoms with Crippen molar-refractivity contribution in [3.8, 4) is 0 Å². The minimum absolute atomic E-state index is 0. The van der Waals surface area contributed by atoms with E-state index in [4.69, 9.17) is 30.9 Å². The second kappa shape index (κ2) is 9.94. The molecule has 0 rings (SSSR count). The summed E-state index contributed by atoms with van der Waals surface area (Å²) in [7, 11) is -5.14. The molecule has 0 saturated heterocycles. The molecule has 10 heteroatoms. The molecule has 0 spiro atoms. The van der Waals surface area contributed by atoms with E-state index in [0.29, 0.717) is 19.4 Å². The predicted molar refractivity (Wildman–Crippen MR) is 49.6 cm³/mol. The van der Waals surface area contributed by atoms with Crippen molar-refractivity contribution in [2.75, 3.05) is 6.54 Å². The summed E-state index contributed by atoms with van der Waals surface area (Å²) in [5.41, 5.74) is 10.3. The summed E-state index contributed by atoms with van der Waals surface area (Å²) in [5, 5.41) is 8.24. The zero-order valence-electron chi connectivity index (χ0n) is 7.74. The van der Waals surface area contributed by atoms with Gasteiger partial charge in [0.05, 0.1) is 0 Å². The third-order valence-electron chi connectivity index (χ3n) is 1.04. The number of rotatable bonds is 4. The number of carboxylic acids is 1. The Balaban J connectivity index is -0.000000208. The van der Waals surface area contributed by atoms with Crippen molar-refractivity contribution in [3.63, 3.8) is 0 Å². The fraction of sp³-hybridized carbons (Fsp3) is 0.800. The second-order valence-electron chi connectivity index (χ2n) is 2.35. The van der Waals surface area contributed by atoms with E-state index in [1.165, 1.54) is 0 Å². The summed E-state index contributed by atoms with van der Waals surface area (Å²) in [6.07, 6.45) is 1.14. The maximum atomic E-state index is 10.4. The van der Waals surface area contributed by atoms with Crippen LogP contribution in [0.4, 0.5) is 8.90 Å². The average molecular weight is 252 g/mol. The van der Waals surface area contributed by atoms with Crippen LogP contribution in [0, 0.1) is 0 Å². The molecular weight excluding hydrogens is 237 g/mol. The Labute approximate surface area is 84.9 Å². The van der Waals surface area contributed by atoms with Crippen LogP contribution in [0.3, 0.4) is 0 Å². The molecule has 0 aliphatic rings. The lowest BCUT2D eigenvalue weighted by Gasteiger charge is -2.02. The Kier molecular flexibility index (Phi) is 13.2. The van der Waals surface area contributed by atoms with E-state index in [-0.39, 0.29) is 4.70 Å². The summed E-state index contributed by atoms with van der Waals surface area (Å²) in [4.78, 5) is 24.0. The topological polar surface area (TPSA) is 147 Å². The molecule has 1 atom stereocenters. The van der Waals surface area contributed by atoms with Crippen LogP contribution < -0.4 is 11.5 Å². The third kappa shape index (κ3) is 31.8. The SMILES string of the molecule is F.NCCCC(N)C(=O)O.O=P(O)(O)F. The van der Waals surface area contributed by atoms with E-state index in [2.05, 4.69) is 0 Å². The van der Waals surface area contributed by atoms with Gasteiger partial charge in [0.1, 0.15) is 6.04 Å².